The van der Waals surface area contributed by atoms with Gasteiger partial charge < -0.3 is 67.6 Å². The zero-order chi connectivity index (χ0) is 75.5. The molecule has 12 rings (SSSR count). The van der Waals surface area contributed by atoms with Crippen LogP contribution in [0.4, 0.5) is 0 Å². The molecular weight excluding hydrogens is 1280 g/mol. The highest BCUT2D eigenvalue weighted by Gasteiger charge is 2.69. The molecule has 17 atom stereocenters. The number of hydrogen-bond acceptors (Lipinski definition) is 15. The van der Waals surface area contributed by atoms with E-state index in [2.05, 4.69) is 78.4 Å². The maximum absolute atomic E-state index is 13.4. The smallest absolute Gasteiger partial charge is 0.457 e. The van der Waals surface area contributed by atoms with Gasteiger partial charge in [-0.25, -0.2) is 6.57 Å². The first-order valence-electron chi connectivity index (χ1n) is 37.4. The number of nitrogens with one attached hydrogen (secondary N) is 4. The van der Waals surface area contributed by atoms with Crippen molar-refractivity contribution in [3.63, 3.8) is 0 Å². The van der Waals surface area contributed by atoms with E-state index in [-0.39, 0.29) is 94.3 Å². The van der Waals surface area contributed by atoms with Crippen LogP contribution < -0.4 is 33.2 Å². The number of rotatable bonds is 19. The van der Waals surface area contributed by atoms with Crippen LogP contribution in [0.5, 0.6) is 0 Å². The minimum absolute atomic E-state index is 0. The molecule has 12 aliphatic rings. The van der Waals surface area contributed by atoms with E-state index in [9.17, 15) is 38.7 Å². The Hall–Kier alpha value is -5.28. The van der Waals surface area contributed by atoms with E-state index in [1.807, 2.05) is 80.5 Å². The Morgan fingerprint density at radius 3 is 1.48 bits per heavy atom. The normalized spacial score (nSPS) is 33.4. The number of Topliss-reactive ketones (excluding diaryl/α,β-unsaturated/α-hetero) is 2. The van der Waals surface area contributed by atoms with Gasteiger partial charge in [0.1, 0.15) is 28.2 Å². The largest absolute Gasteiger partial charge is 0.481 e. The fourth-order valence-corrected chi connectivity index (χ4v) is 16.8. The quantitative estimate of drug-likeness (QED) is 0.0326. The molecule has 0 spiro atoms. The summed E-state index contributed by atoms with van der Waals surface area (Å²) in [5, 5.41) is 46.4. The Balaban J connectivity index is 0.000000263. The number of carbonyl (C=O) groups excluding carboxylic acids is 6. The average molecular weight is 1420 g/mol. The third kappa shape index (κ3) is 24.7. The summed E-state index contributed by atoms with van der Waals surface area (Å²) in [5.74, 6) is 4.62. The summed E-state index contributed by atoms with van der Waals surface area (Å²) in [7, 11) is -1.51. The van der Waals surface area contributed by atoms with Gasteiger partial charge in [0.2, 0.25) is 29.2 Å². The van der Waals surface area contributed by atoms with Crippen LogP contribution in [0.1, 0.15) is 233 Å². The summed E-state index contributed by atoms with van der Waals surface area (Å²) < 4.78 is 12.2. The number of carbonyl (C=O) groups is 8. The van der Waals surface area contributed by atoms with E-state index in [0.717, 1.165) is 109 Å². The first-order chi connectivity index (χ1) is 46.3. The van der Waals surface area contributed by atoms with E-state index in [1.54, 1.807) is 0 Å². The van der Waals surface area contributed by atoms with Crippen molar-refractivity contribution in [2.24, 2.45) is 88.6 Å². The van der Waals surface area contributed by atoms with Gasteiger partial charge in [0.05, 0.1) is 11.2 Å². The topological polar surface area (TPSA) is 353 Å². The molecule has 12 fully saturated rings. The molecule has 13 N–H and O–H groups in total. The van der Waals surface area contributed by atoms with Crippen LogP contribution in [0.25, 0.3) is 4.85 Å². The fraction of sp³-hybridized carbons (Fsp3) is 0.805. The second kappa shape index (κ2) is 36.1. The molecule has 10 saturated carbocycles. The lowest BCUT2D eigenvalue weighted by atomic mass is 9.75. The summed E-state index contributed by atoms with van der Waals surface area (Å²) in [6, 6.07) is 0. The SMILES string of the molecule is C=CCC1C[C@H]2C[C@H]2C1(NC(C)=O)C(=O)NC(C)(C)C.C=CCC1C[C@H]2C[C@H]2C1=O.C=CCN1CCCC1.CC(=O)NC1(C(=O)NC(C)(C)C)C(CCCB2OC(C)(C)C(C)(C)O2)C[C@H]2C[C@H]21.CC(=O)O.N.NC1(C(=O)O)C(CCCB(O)O)C[C@H]2C[C@H]21.O=C1CC[C@H]2C[C@@H]12.[C-]#[N+]C(C)(C)C. The predicted molar refractivity (Wildman–Crippen MR) is 398 cm³/mol. The number of nitrogens with two attached hydrogens (primary N) is 1. The van der Waals surface area contributed by atoms with Crippen LogP contribution in [-0.4, -0.2) is 151 Å². The van der Waals surface area contributed by atoms with Gasteiger partial charge in [0, 0.05) is 83.3 Å². The van der Waals surface area contributed by atoms with E-state index in [0.29, 0.717) is 72.2 Å². The van der Waals surface area contributed by atoms with Crippen LogP contribution in [0.3, 0.4) is 0 Å². The number of allylic oxidation sites excluding steroid dienone is 2. The van der Waals surface area contributed by atoms with Crippen LogP contribution in [0.15, 0.2) is 38.0 Å². The molecule has 101 heavy (non-hydrogen) atoms. The Bertz CT molecular complexity index is 2910. The molecule has 2 aliphatic heterocycles. The Morgan fingerprint density at radius 2 is 1.10 bits per heavy atom. The molecule has 22 nitrogen and oxygen atoms in total. The van der Waals surface area contributed by atoms with E-state index in [1.165, 1.54) is 59.0 Å². The summed E-state index contributed by atoms with van der Waals surface area (Å²) in [5.41, 5.74) is 2.01. The minimum Gasteiger partial charge on any atom is -0.481 e. The fourth-order valence-electron chi connectivity index (χ4n) is 16.8. The number of hydrogen-bond donors (Lipinski definition) is 10. The molecule has 10 aliphatic carbocycles. The highest BCUT2D eigenvalue weighted by molar-refractivity contribution is 6.45. The maximum atomic E-state index is 13.4. The number of ketones is 2. The molecule has 0 aromatic rings. The second-order valence-corrected chi connectivity index (χ2v) is 35.1. The highest BCUT2D eigenvalue weighted by atomic mass is 16.7. The molecule has 0 aromatic carbocycles. The van der Waals surface area contributed by atoms with Gasteiger partial charge in [-0.15, -0.1) is 19.7 Å². The zero-order valence-corrected chi connectivity index (χ0v) is 64.6. The van der Waals surface area contributed by atoms with Gasteiger partial charge in [-0.1, -0.05) is 31.1 Å². The minimum atomic E-state index is -1.30. The predicted octanol–water partition coefficient (Wildman–Crippen LogP) is 11.0. The molecule has 24 heteroatoms. The van der Waals surface area contributed by atoms with Gasteiger partial charge in [0.25, 0.3) is 5.97 Å². The van der Waals surface area contributed by atoms with Crippen molar-refractivity contribution in [2.75, 3.05) is 19.6 Å². The Morgan fingerprint density at radius 1 is 0.653 bits per heavy atom. The molecule has 7 unspecified atom stereocenters. The van der Waals surface area contributed by atoms with Crippen LogP contribution in [-0.2, 0) is 47.7 Å². The molecule has 2 heterocycles. The van der Waals surface area contributed by atoms with Crippen molar-refractivity contribution >= 4 is 61.4 Å². The Kier molecular flexibility index (Phi) is 31.5. The van der Waals surface area contributed by atoms with E-state index in [4.69, 9.17) is 41.6 Å². The number of likely N-dealkylation sites (tertiary alicyclic amines) is 1. The van der Waals surface area contributed by atoms with Crippen LogP contribution in [0.2, 0.25) is 12.6 Å². The second-order valence-electron chi connectivity index (χ2n) is 35.1. The van der Waals surface area contributed by atoms with E-state index >= 15 is 0 Å². The molecule has 4 amide bonds. The first kappa shape index (κ1) is 88.1. The van der Waals surface area contributed by atoms with Crippen LogP contribution >= 0.6 is 0 Å². The van der Waals surface area contributed by atoms with E-state index < -0.39 is 35.7 Å². The monoisotopic (exact) mass is 1420 g/mol. The molecule has 0 radical (unpaired) electrons. The number of carboxylic acids is 2. The van der Waals surface area contributed by atoms with Crippen molar-refractivity contribution in [2.45, 2.75) is 290 Å². The third-order valence-electron chi connectivity index (χ3n) is 22.6. The van der Waals surface area contributed by atoms with Gasteiger partial charge in [0.15, 0.2) is 0 Å². The summed E-state index contributed by atoms with van der Waals surface area (Å²) in [6.07, 6.45) is 25.9. The van der Waals surface area contributed by atoms with Crippen LogP contribution in [0, 0.1) is 89.4 Å². The third-order valence-corrected chi connectivity index (χ3v) is 22.6. The lowest BCUT2D eigenvalue weighted by Gasteiger charge is -2.39. The molecule has 570 valence electrons. The van der Waals surface area contributed by atoms with Crippen molar-refractivity contribution < 1.29 is 67.9 Å². The zero-order valence-electron chi connectivity index (χ0n) is 64.6. The molecule has 0 bridgehead atoms. The number of fused-ring (bicyclic) bond motifs is 5. The van der Waals surface area contributed by atoms with Gasteiger partial charge >= 0.3 is 20.2 Å². The number of aliphatic carboxylic acids is 2. The first-order valence-corrected chi connectivity index (χ1v) is 37.4. The number of amides is 4. The number of carboxylic acid groups (broad SMARTS) is 2. The average Bonchev–Trinajstić information content (AvgIpc) is 1.56. The standard InChI is InChI=1S/C22H39BN2O4.C16H26N2O2.C10H18BNO4.C9H12O.C7H13N.C6H8O.C5H9N.C2H4O2.H3N/c1-14(26)24-22(18(27)25-19(2,3)4)16(12-15-13-17(15)22)10-9-11-23-28-20(5,6)21(7,8)29-23;1-6-7-12-8-11-9-13(11)16(12,17-10(2)19)14(20)18-15(3,4)5;12-10(9(13)14)7(2-1-3-11(15)16)4-6-5-8(6)10;1-2-3-6-4-7-5-8(7)9(6)10;1-2-5-8-6-3-4-7-8;7-6-2-1-4-3-5(4)6;1-5(2,3)6-4;1-2(3)4;/h15-17H,9-13H2,1-8H3,(H,24,26)(H,25,27);6,11-13H,1,7-9H2,2-5H3,(H,17,19)(H,18,20);6-8,15-16H,1-5,12H2,(H,13,14);2,6-8H,1,3-5H2;2H,1,3-7H2;4-5H,1-3H2;1-3H3;1H3,(H,3,4);1H3/t15-,16?,17+,22?;11-,12?,13+,16?;6-,7?,8+,10?;6?,7-,8+;;4-,5+;;;/m0000.0.../s1. The molecular formula is C77H132B2N8O14. The van der Waals surface area contributed by atoms with Crippen molar-refractivity contribution in [1.29, 1.82) is 0 Å². The summed E-state index contributed by atoms with van der Waals surface area (Å²) in [4.78, 5) is 97.9. The van der Waals surface area contributed by atoms with Gasteiger partial charge in [-0.05, 0) is 263 Å². The molecule has 0 aromatic heterocycles. The lowest BCUT2D eigenvalue weighted by Crippen LogP contribution is -2.65. The summed E-state index contributed by atoms with van der Waals surface area (Å²) >= 11 is 0. The molecule has 2 saturated heterocycles. The maximum Gasteiger partial charge on any atom is 0.457 e. The Labute approximate surface area is 606 Å². The van der Waals surface area contributed by atoms with Crippen molar-refractivity contribution in [3.8, 4) is 0 Å². The lowest BCUT2D eigenvalue weighted by molar-refractivity contribution is -0.146. The van der Waals surface area contributed by atoms with Crippen molar-refractivity contribution in [3.05, 3.63) is 49.4 Å². The summed E-state index contributed by atoms with van der Waals surface area (Å²) in [6.45, 7) is 51.1. The van der Waals surface area contributed by atoms with Gasteiger partial charge in [-0.3, -0.25) is 43.3 Å². The van der Waals surface area contributed by atoms with Crippen molar-refractivity contribution in [1.82, 2.24) is 32.3 Å². The number of nitrogens with zero attached hydrogens (tertiary/aromatic N) is 2. The highest BCUT2D eigenvalue weighted by Crippen LogP contribution is 2.63. The van der Waals surface area contributed by atoms with Gasteiger partial charge in [-0.2, -0.15) is 0 Å².